The molecule has 1 atom stereocenters. The summed E-state index contributed by atoms with van der Waals surface area (Å²) in [6.45, 7) is 0. The number of benzene rings is 1. The quantitative estimate of drug-likeness (QED) is 0.918. The van der Waals surface area contributed by atoms with E-state index < -0.39 is 0 Å². The molecule has 2 nitrogen and oxygen atoms in total. The molecule has 1 heterocycles. The first-order valence-corrected chi connectivity index (χ1v) is 6.52. The van der Waals surface area contributed by atoms with Crippen molar-refractivity contribution in [2.75, 3.05) is 0 Å². The average Bonchev–Trinajstić information content (AvgIpc) is 2.35. The van der Waals surface area contributed by atoms with Crippen LogP contribution in [0.15, 0.2) is 36.5 Å². The van der Waals surface area contributed by atoms with Gasteiger partial charge < -0.3 is 5.73 Å². The summed E-state index contributed by atoms with van der Waals surface area (Å²) in [4.78, 5) is 4.19. The van der Waals surface area contributed by atoms with Gasteiger partial charge in [-0.05, 0) is 30.2 Å². The van der Waals surface area contributed by atoms with Crippen LogP contribution in [-0.2, 0) is 6.42 Å². The Balaban J connectivity index is 2.24. The van der Waals surface area contributed by atoms with E-state index in [-0.39, 0.29) is 6.04 Å². The molecular formula is C13H11Cl3N2. The standard InChI is InChI=1S/C13H11Cl3N2/c14-9-4-1-3-8(12(9)16)7-11(17)13-10(15)5-2-6-18-13/h1-6,11H,7,17H2. The van der Waals surface area contributed by atoms with E-state index in [4.69, 9.17) is 40.5 Å². The van der Waals surface area contributed by atoms with Gasteiger partial charge in [-0.3, -0.25) is 4.98 Å². The van der Waals surface area contributed by atoms with Gasteiger partial charge in [-0.1, -0.05) is 46.9 Å². The molecule has 1 unspecified atom stereocenters. The van der Waals surface area contributed by atoms with Crippen LogP contribution in [-0.4, -0.2) is 4.98 Å². The molecule has 94 valence electrons. The zero-order valence-electron chi connectivity index (χ0n) is 9.41. The minimum atomic E-state index is -0.310. The van der Waals surface area contributed by atoms with Crippen molar-refractivity contribution < 1.29 is 0 Å². The molecule has 0 radical (unpaired) electrons. The molecule has 0 saturated heterocycles. The fourth-order valence-electron chi connectivity index (χ4n) is 1.71. The maximum Gasteiger partial charge on any atom is 0.0760 e. The van der Waals surface area contributed by atoms with Crippen LogP contribution >= 0.6 is 34.8 Å². The number of nitrogens with two attached hydrogens (primary N) is 1. The van der Waals surface area contributed by atoms with Gasteiger partial charge in [0.05, 0.1) is 26.8 Å². The van der Waals surface area contributed by atoms with Crippen LogP contribution in [0.5, 0.6) is 0 Å². The van der Waals surface area contributed by atoms with Gasteiger partial charge in [0.15, 0.2) is 0 Å². The molecule has 1 aromatic heterocycles. The number of nitrogens with zero attached hydrogens (tertiary/aromatic N) is 1. The lowest BCUT2D eigenvalue weighted by molar-refractivity contribution is 0.697. The van der Waals surface area contributed by atoms with Crippen LogP contribution in [0.1, 0.15) is 17.3 Å². The van der Waals surface area contributed by atoms with E-state index in [1.807, 2.05) is 12.1 Å². The van der Waals surface area contributed by atoms with Gasteiger partial charge in [0.1, 0.15) is 0 Å². The van der Waals surface area contributed by atoms with Crippen molar-refractivity contribution in [3.05, 3.63) is 62.9 Å². The van der Waals surface area contributed by atoms with Gasteiger partial charge in [-0.15, -0.1) is 0 Å². The zero-order valence-corrected chi connectivity index (χ0v) is 11.7. The van der Waals surface area contributed by atoms with Gasteiger partial charge >= 0.3 is 0 Å². The van der Waals surface area contributed by atoms with E-state index in [0.29, 0.717) is 27.2 Å². The number of pyridine rings is 1. The SMILES string of the molecule is NC(Cc1cccc(Cl)c1Cl)c1ncccc1Cl. The van der Waals surface area contributed by atoms with Gasteiger partial charge in [0.2, 0.25) is 0 Å². The Labute approximate surface area is 121 Å². The summed E-state index contributed by atoms with van der Waals surface area (Å²) < 4.78 is 0. The monoisotopic (exact) mass is 300 g/mol. The van der Waals surface area contributed by atoms with Gasteiger partial charge in [0.25, 0.3) is 0 Å². The van der Waals surface area contributed by atoms with Crippen molar-refractivity contribution >= 4 is 34.8 Å². The molecular weight excluding hydrogens is 291 g/mol. The van der Waals surface area contributed by atoms with Crippen LogP contribution in [0.25, 0.3) is 0 Å². The average molecular weight is 302 g/mol. The highest BCUT2D eigenvalue weighted by molar-refractivity contribution is 6.42. The summed E-state index contributed by atoms with van der Waals surface area (Å²) in [5.41, 5.74) is 7.65. The molecule has 1 aromatic carbocycles. The largest absolute Gasteiger partial charge is 0.322 e. The van der Waals surface area contributed by atoms with Gasteiger partial charge in [0, 0.05) is 6.20 Å². The molecule has 0 amide bonds. The maximum atomic E-state index is 6.12. The Hall–Kier alpha value is -0.800. The minimum Gasteiger partial charge on any atom is -0.322 e. The van der Waals surface area contributed by atoms with E-state index in [9.17, 15) is 0 Å². The van der Waals surface area contributed by atoms with Crippen molar-refractivity contribution in [1.82, 2.24) is 4.98 Å². The topological polar surface area (TPSA) is 38.9 Å². The Kier molecular flexibility index (Phi) is 4.46. The summed E-state index contributed by atoms with van der Waals surface area (Å²) in [7, 11) is 0. The molecule has 0 aliphatic rings. The molecule has 2 aromatic rings. The second-order valence-corrected chi connectivity index (χ2v) is 5.09. The molecule has 2 rings (SSSR count). The van der Waals surface area contributed by atoms with Gasteiger partial charge in [-0.2, -0.15) is 0 Å². The number of rotatable bonds is 3. The highest BCUT2D eigenvalue weighted by atomic mass is 35.5. The molecule has 18 heavy (non-hydrogen) atoms. The van der Waals surface area contributed by atoms with E-state index in [2.05, 4.69) is 4.98 Å². The van der Waals surface area contributed by atoms with Crippen LogP contribution in [0, 0.1) is 0 Å². The van der Waals surface area contributed by atoms with Crippen LogP contribution in [0.3, 0.4) is 0 Å². The minimum absolute atomic E-state index is 0.310. The molecule has 2 N–H and O–H groups in total. The molecule has 0 aliphatic heterocycles. The van der Waals surface area contributed by atoms with Crippen molar-refractivity contribution in [2.45, 2.75) is 12.5 Å². The predicted octanol–water partition coefficient (Wildman–Crippen LogP) is 4.28. The number of hydrogen-bond donors (Lipinski definition) is 1. The lowest BCUT2D eigenvalue weighted by Gasteiger charge is -2.13. The Morgan fingerprint density at radius 1 is 1.06 bits per heavy atom. The molecule has 0 bridgehead atoms. The Morgan fingerprint density at radius 3 is 2.50 bits per heavy atom. The van der Waals surface area contributed by atoms with E-state index in [1.54, 1.807) is 24.4 Å². The summed E-state index contributed by atoms with van der Waals surface area (Å²) >= 11 is 18.1. The third-order valence-corrected chi connectivity index (χ3v) is 3.79. The second-order valence-electron chi connectivity index (χ2n) is 3.89. The first-order chi connectivity index (χ1) is 8.59. The highest BCUT2D eigenvalue weighted by Gasteiger charge is 2.14. The molecule has 0 saturated carbocycles. The van der Waals surface area contributed by atoms with Crippen LogP contribution in [0.2, 0.25) is 15.1 Å². The third kappa shape index (κ3) is 2.96. The maximum absolute atomic E-state index is 6.12. The van der Waals surface area contributed by atoms with Crippen molar-refractivity contribution in [3.63, 3.8) is 0 Å². The zero-order chi connectivity index (χ0) is 13.1. The Bertz CT molecular complexity index is 558. The normalized spacial score (nSPS) is 12.4. The Morgan fingerprint density at radius 2 is 1.78 bits per heavy atom. The van der Waals surface area contributed by atoms with Crippen molar-refractivity contribution in [1.29, 1.82) is 0 Å². The van der Waals surface area contributed by atoms with Crippen LogP contribution < -0.4 is 5.73 Å². The summed E-state index contributed by atoms with van der Waals surface area (Å²) in [5.74, 6) is 0. The number of hydrogen-bond acceptors (Lipinski definition) is 2. The first kappa shape index (κ1) is 13.6. The second kappa shape index (κ2) is 5.89. The number of aromatic nitrogens is 1. The molecule has 0 aliphatic carbocycles. The number of halogens is 3. The van der Waals surface area contributed by atoms with E-state index in [1.165, 1.54) is 0 Å². The molecule has 5 heteroatoms. The van der Waals surface area contributed by atoms with Crippen molar-refractivity contribution in [2.24, 2.45) is 5.73 Å². The summed E-state index contributed by atoms with van der Waals surface area (Å²) in [5, 5.41) is 1.61. The fourth-order valence-corrected chi connectivity index (χ4v) is 2.37. The summed E-state index contributed by atoms with van der Waals surface area (Å²) in [6.07, 6.45) is 2.21. The molecule has 0 spiro atoms. The smallest absolute Gasteiger partial charge is 0.0760 e. The lowest BCUT2D eigenvalue weighted by Crippen LogP contribution is -2.15. The lowest BCUT2D eigenvalue weighted by atomic mass is 10.0. The van der Waals surface area contributed by atoms with Crippen LogP contribution in [0.4, 0.5) is 0 Å². The van der Waals surface area contributed by atoms with E-state index >= 15 is 0 Å². The third-order valence-electron chi connectivity index (χ3n) is 2.61. The summed E-state index contributed by atoms with van der Waals surface area (Å²) in [6, 6.07) is 8.71. The first-order valence-electron chi connectivity index (χ1n) is 5.38. The van der Waals surface area contributed by atoms with Crippen molar-refractivity contribution in [3.8, 4) is 0 Å². The predicted molar refractivity (Wildman–Crippen MR) is 76.3 cm³/mol. The fraction of sp³-hybridized carbons (Fsp3) is 0.154. The van der Waals surface area contributed by atoms with E-state index in [0.717, 1.165) is 5.56 Å². The van der Waals surface area contributed by atoms with Gasteiger partial charge in [-0.25, -0.2) is 0 Å². The molecule has 0 fully saturated rings. The highest BCUT2D eigenvalue weighted by Crippen LogP contribution is 2.29.